The topological polar surface area (TPSA) is 57.9 Å². The van der Waals surface area contributed by atoms with E-state index in [2.05, 4.69) is 32.3 Å². The zero-order valence-corrected chi connectivity index (χ0v) is 13.1. The molecule has 0 aliphatic heterocycles. The van der Waals surface area contributed by atoms with E-state index < -0.39 is 0 Å². The lowest BCUT2D eigenvalue weighted by molar-refractivity contribution is 0.313. The summed E-state index contributed by atoms with van der Waals surface area (Å²) < 4.78 is 6.72. The molecule has 0 aliphatic rings. The second-order valence-electron chi connectivity index (χ2n) is 4.44. The van der Waals surface area contributed by atoms with Crippen LogP contribution in [-0.4, -0.2) is 11.6 Å². The van der Waals surface area contributed by atoms with E-state index in [1.165, 1.54) is 5.56 Å². The van der Waals surface area contributed by atoms with Crippen LogP contribution in [0.4, 0.5) is 5.82 Å². The first-order valence-electron chi connectivity index (χ1n) is 6.72. The predicted molar refractivity (Wildman–Crippen MR) is 86.0 cm³/mol. The van der Waals surface area contributed by atoms with Crippen molar-refractivity contribution in [2.45, 2.75) is 19.4 Å². The number of halogens is 1. The van der Waals surface area contributed by atoms with Gasteiger partial charge in [0.05, 0.1) is 12.7 Å². The van der Waals surface area contributed by atoms with Crippen LogP contribution in [0.15, 0.2) is 47.1 Å². The summed E-state index contributed by atoms with van der Waals surface area (Å²) in [5.41, 5.74) is 1.17. The first kappa shape index (κ1) is 15.3. The lowest BCUT2D eigenvalue weighted by Crippen LogP contribution is -2.05. The van der Waals surface area contributed by atoms with E-state index in [0.717, 1.165) is 16.7 Å². The molecule has 0 saturated carbocycles. The molecule has 0 unspecified atom stereocenters. The number of anilines is 1. The molecular weight excluding hydrogens is 330 g/mol. The number of unbranched alkanes of at least 4 members (excludes halogenated alkanes) is 1. The number of pyridine rings is 1. The third kappa shape index (κ3) is 5.09. The Morgan fingerprint density at radius 3 is 2.81 bits per heavy atom. The maximum atomic E-state index is 8.51. The van der Waals surface area contributed by atoms with E-state index in [1.807, 2.05) is 36.4 Å². The SMILES string of the molecule is N#CCCCOc1cccnc1NCc1ccc(Br)cc1. The number of ether oxygens (including phenoxy) is 1. The molecule has 1 heterocycles. The summed E-state index contributed by atoms with van der Waals surface area (Å²) in [6.07, 6.45) is 2.95. The van der Waals surface area contributed by atoms with Crippen molar-refractivity contribution in [1.82, 2.24) is 4.98 Å². The highest BCUT2D eigenvalue weighted by atomic mass is 79.9. The second-order valence-corrected chi connectivity index (χ2v) is 5.36. The molecule has 0 bridgehead atoms. The lowest BCUT2D eigenvalue weighted by atomic mass is 10.2. The molecule has 5 heteroatoms. The average molecular weight is 346 g/mol. The van der Waals surface area contributed by atoms with Crippen LogP contribution in [0.5, 0.6) is 5.75 Å². The van der Waals surface area contributed by atoms with E-state index >= 15 is 0 Å². The second kappa shape index (κ2) is 8.28. The van der Waals surface area contributed by atoms with E-state index in [4.69, 9.17) is 10.00 Å². The van der Waals surface area contributed by atoms with Gasteiger partial charge in [-0.15, -0.1) is 0 Å². The summed E-state index contributed by atoms with van der Waals surface area (Å²) in [6.45, 7) is 1.20. The van der Waals surface area contributed by atoms with Gasteiger partial charge in [-0.05, 0) is 36.2 Å². The molecule has 0 fully saturated rings. The molecule has 2 rings (SSSR count). The highest BCUT2D eigenvalue weighted by Crippen LogP contribution is 2.22. The molecular formula is C16H16BrN3O. The number of rotatable bonds is 7. The molecule has 1 aromatic heterocycles. The Balaban J connectivity index is 1.93. The van der Waals surface area contributed by atoms with Gasteiger partial charge in [0.1, 0.15) is 0 Å². The van der Waals surface area contributed by atoms with Gasteiger partial charge in [0, 0.05) is 23.6 Å². The van der Waals surface area contributed by atoms with Gasteiger partial charge in [-0.25, -0.2) is 4.98 Å². The van der Waals surface area contributed by atoms with Gasteiger partial charge in [-0.2, -0.15) is 5.26 Å². The number of benzene rings is 1. The number of nitrogens with zero attached hydrogens (tertiary/aromatic N) is 2. The van der Waals surface area contributed by atoms with E-state index in [1.54, 1.807) is 6.20 Å². The normalized spacial score (nSPS) is 9.90. The molecule has 2 aromatic rings. The smallest absolute Gasteiger partial charge is 0.169 e. The van der Waals surface area contributed by atoms with Crippen molar-refractivity contribution in [1.29, 1.82) is 5.26 Å². The standard InChI is InChI=1S/C16H16BrN3O/c17-14-7-5-13(6-8-14)12-20-16-15(4-3-10-19-16)21-11-2-1-9-18/h3-8,10H,1-2,11-12H2,(H,19,20). The molecule has 0 radical (unpaired) electrons. The number of hydrogen-bond acceptors (Lipinski definition) is 4. The summed E-state index contributed by atoms with van der Waals surface area (Å²) in [6, 6.07) is 13.9. The summed E-state index contributed by atoms with van der Waals surface area (Å²) in [5.74, 6) is 1.44. The van der Waals surface area contributed by atoms with Gasteiger partial charge in [-0.1, -0.05) is 28.1 Å². The van der Waals surface area contributed by atoms with Crippen molar-refractivity contribution >= 4 is 21.7 Å². The predicted octanol–water partition coefficient (Wildman–Crippen LogP) is 4.14. The molecule has 0 amide bonds. The minimum atomic E-state index is 0.502. The zero-order chi connectivity index (χ0) is 14.9. The van der Waals surface area contributed by atoms with Crippen LogP contribution in [0, 0.1) is 11.3 Å². The van der Waals surface area contributed by atoms with Gasteiger partial charge in [0.15, 0.2) is 11.6 Å². The van der Waals surface area contributed by atoms with E-state index in [0.29, 0.717) is 25.3 Å². The number of nitrogens with one attached hydrogen (secondary N) is 1. The summed E-state index contributed by atoms with van der Waals surface area (Å²) >= 11 is 3.42. The fourth-order valence-corrected chi connectivity index (χ4v) is 2.03. The Hall–Kier alpha value is -2.06. The van der Waals surface area contributed by atoms with Crippen LogP contribution in [0.3, 0.4) is 0 Å². The van der Waals surface area contributed by atoms with Crippen LogP contribution in [0.1, 0.15) is 18.4 Å². The van der Waals surface area contributed by atoms with Gasteiger partial charge >= 0.3 is 0 Å². The van der Waals surface area contributed by atoms with Gasteiger partial charge in [0.2, 0.25) is 0 Å². The van der Waals surface area contributed by atoms with Crippen LogP contribution < -0.4 is 10.1 Å². The maximum absolute atomic E-state index is 8.51. The van der Waals surface area contributed by atoms with Crippen molar-refractivity contribution < 1.29 is 4.74 Å². The molecule has 4 nitrogen and oxygen atoms in total. The fourth-order valence-electron chi connectivity index (χ4n) is 1.76. The van der Waals surface area contributed by atoms with Crippen LogP contribution in [-0.2, 0) is 6.54 Å². The van der Waals surface area contributed by atoms with E-state index in [9.17, 15) is 0 Å². The van der Waals surface area contributed by atoms with Crippen LogP contribution in [0.25, 0.3) is 0 Å². The molecule has 1 aromatic carbocycles. The first-order valence-corrected chi connectivity index (χ1v) is 7.52. The number of aromatic nitrogens is 1. The molecule has 0 atom stereocenters. The summed E-state index contributed by atoms with van der Waals surface area (Å²) in [4.78, 5) is 4.30. The fraction of sp³-hybridized carbons (Fsp3) is 0.250. The lowest BCUT2D eigenvalue weighted by Gasteiger charge is -2.11. The Morgan fingerprint density at radius 2 is 2.05 bits per heavy atom. The number of nitriles is 1. The third-order valence-electron chi connectivity index (χ3n) is 2.83. The van der Waals surface area contributed by atoms with Gasteiger partial charge in [-0.3, -0.25) is 0 Å². The summed E-state index contributed by atoms with van der Waals surface area (Å²) in [5, 5.41) is 11.8. The van der Waals surface area contributed by atoms with Crippen molar-refractivity contribution in [2.24, 2.45) is 0 Å². The van der Waals surface area contributed by atoms with Crippen molar-refractivity contribution in [3.05, 3.63) is 52.6 Å². The van der Waals surface area contributed by atoms with Gasteiger partial charge in [0.25, 0.3) is 0 Å². The largest absolute Gasteiger partial charge is 0.490 e. The monoisotopic (exact) mass is 345 g/mol. The van der Waals surface area contributed by atoms with Crippen molar-refractivity contribution in [3.63, 3.8) is 0 Å². The Morgan fingerprint density at radius 1 is 1.24 bits per heavy atom. The maximum Gasteiger partial charge on any atom is 0.169 e. The number of hydrogen-bond donors (Lipinski definition) is 1. The molecule has 108 valence electrons. The molecule has 0 saturated heterocycles. The van der Waals surface area contributed by atoms with Crippen LogP contribution in [0.2, 0.25) is 0 Å². The molecule has 0 spiro atoms. The average Bonchev–Trinajstić information content (AvgIpc) is 2.52. The molecule has 1 N–H and O–H groups in total. The first-order chi connectivity index (χ1) is 10.3. The highest BCUT2D eigenvalue weighted by Gasteiger charge is 2.04. The third-order valence-corrected chi connectivity index (χ3v) is 3.36. The van der Waals surface area contributed by atoms with E-state index in [-0.39, 0.29) is 0 Å². The Bertz CT molecular complexity index is 608. The Kier molecular flexibility index (Phi) is 6.04. The molecule has 0 aliphatic carbocycles. The van der Waals surface area contributed by atoms with Crippen molar-refractivity contribution in [3.8, 4) is 11.8 Å². The zero-order valence-electron chi connectivity index (χ0n) is 11.6. The summed E-state index contributed by atoms with van der Waals surface area (Å²) in [7, 11) is 0. The van der Waals surface area contributed by atoms with Crippen molar-refractivity contribution in [2.75, 3.05) is 11.9 Å². The van der Waals surface area contributed by atoms with Crippen LogP contribution >= 0.6 is 15.9 Å². The minimum absolute atomic E-state index is 0.502. The highest BCUT2D eigenvalue weighted by molar-refractivity contribution is 9.10. The van der Waals surface area contributed by atoms with Gasteiger partial charge < -0.3 is 10.1 Å². The molecule has 21 heavy (non-hydrogen) atoms. The minimum Gasteiger partial charge on any atom is -0.490 e. The quantitative estimate of drug-likeness (QED) is 0.766. The Labute approximate surface area is 132 Å².